The lowest BCUT2D eigenvalue weighted by molar-refractivity contribution is -0.138. The number of carboxylic acid groups (broad SMARTS) is 1. The number of hydrogen-bond donors (Lipinski definition) is 2. The fourth-order valence-electron chi connectivity index (χ4n) is 1.58. The number of carbonyl (C=O) groups is 3. The lowest BCUT2D eigenvalue weighted by atomic mass is 10.2. The van der Waals surface area contributed by atoms with E-state index in [4.69, 9.17) is 5.11 Å². The second-order valence-corrected chi connectivity index (χ2v) is 4.52. The maximum atomic E-state index is 11.5. The van der Waals surface area contributed by atoms with Gasteiger partial charge in [0.05, 0.1) is 6.42 Å². The molecule has 108 valence electrons. The predicted octanol–water partition coefficient (Wildman–Crippen LogP) is 1.47. The molecule has 2 amide bonds. The third kappa shape index (κ3) is 5.51. The smallest absolute Gasteiger partial charge is 0.303 e. The standard InChI is InChI=1S/C14H18N2O4/c1-10(17)16(2)9-11-4-3-5-12(8-11)15-13(18)6-7-14(19)20/h3-5,8H,6-7,9H2,1-2H3,(H,15,18)(H,19,20). The number of carboxylic acids is 1. The third-order valence-electron chi connectivity index (χ3n) is 2.73. The summed E-state index contributed by atoms with van der Waals surface area (Å²) in [6.07, 6.45) is -0.258. The predicted molar refractivity (Wildman–Crippen MR) is 74.1 cm³/mol. The van der Waals surface area contributed by atoms with Crippen molar-refractivity contribution >= 4 is 23.5 Å². The Morgan fingerprint density at radius 3 is 2.55 bits per heavy atom. The summed E-state index contributed by atoms with van der Waals surface area (Å²) in [6.45, 7) is 1.94. The molecule has 0 fully saturated rings. The summed E-state index contributed by atoms with van der Waals surface area (Å²) in [4.78, 5) is 34.6. The first-order valence-electron chi connectivity index (χ1n) is 6.21. The SMILES string of the molecule is CC(=O)N(C)Cc1cccc(NC(=O)CCC(=O)O)c1. The minimum absolute atomic E-state index is 0.0408. The summed E-state index contributed by atoms with van der Waals surface area (Å²) in [5.41, 5.74) is 1.48. The molecule has 1 aromatic rings. The van der Waals surface area contributed by atoms with Crippen LogP contribution < -0.4 is 5.32 Å². The van der Waals surface area contributed by atoms with Crippen LogP contribution in [-0.4, -0.2) is 34.8 Å². The van der Waals surface area contributed by atoms with E-state index in [2.05, 4.69) is 5.32 Å². The van der Waals surface area contributed by atoms with Crippen molar-refractivity contribution in [1.29, 1.82) is 0 Å². The molecule has 0 aliphatic carbocycles. The lowest BCUT2D eigenvalue weighted by Gasteiger charge is -2.15. The highest BCUT2D eigenvalue weighted by atomic mass is 16.4. The summed E-state index contributed by atoms with van der Waals surface area (Å²) in [5.74, 6) is -1.39. The molecule has 0 aliphatic rings. The van der Waals surface area contributed by atoms with E-state index in [0.717, 1.165) is 5.56 Å². The van der Waals surface area contributed by atoms with Gasteiger partial charge in [-0.25, -0.2) is 0 Å². The Labute approximate surface area is 117 Å². The van der Waals surface area contributed by atoms with Gasteiger partial charge in [0, 0.05) is 32.6 Å². The van der Waals surface area contributed by atoms with Gasteiger partial charge in [0.1, 0.15) is 0 Å². The minimum Gasteiger partial charge on any atom is -0.481 e. The number of amides is 2. The summed E-state index contributed by atoms with van der Waals surface area (Å²) in [6, 6.07) is 7.11. The van der Waals surface area contributed by atoms with Crippen LogP contribution in [0.3, 0.4) is 0 Å². The number of aliphatic carboxylic acids is 1. The van der Waals surface area contributed by atoms with Crippen LogP contribution in [0.25, 0.3) is 0 Å². The van der Waals surface area contributed by atoms with Crippen LogP contribution in [0.1, 0.15) is 25.3 Å². The van der Waals surface area contributed by atoms with Gasteiger partial charge in [0.2, 0.25) is 11.8 Å². The number of hydrogen-bond acceptors (Lipinski definition) is 3. The van der Waals surface area contributed by atoms with E-state index in [9.17, 15) is 14.4 Å². The summed E-state index contributed by atoms with van der Waals surface area (Å²) < 4.78 is 0. The van der Waals surface area contributed by atoms with Gasteiger partial charge in [0.15, 0.2) is 0 Å². The molecule has 20 heavy (non-hydrogen) atoms. The van der Waals surface area contributed by atoms with Crippen molar-refractivity contribution in [3.05, 3.63) is 29.8 Å². The van der Waals surface area contributed by atoms with Crippen LogP contribution in [0.5, 0.6) is 0 Å². The quantitative estimate of drug-likeness (QED) is 0.825. The van der Waals surface area contributed by atoms with Gasteiger partial charge in [-0.05, 0) is 17.7 Å². The van der Waals surface area contributed by atoms with Gasteiger partial charge in [0.25, 0.3) is 0 Å². The van der Waals surface area contributed by atoms with Crippen molar-refractivity contribution in [1.82, 2.24) is 4.90 Å². The first kappa shape index (κ1) is 15.7. The van der Waals surface area contributed by atoms with E-state index in [1.165, 1.54) is 6.92 Å². The van der Waals surface area contributed by atoms with E-state index < -0.39 is 5.97 Å². The molecule has 6 heteroatoms. The Morgan fingerprint density at radius 2 is 1.95 bits per heavy atom. The van der Waals surface area contributed by atoms with Crippen LogP contribution >= 0.6 is 0 Å². The molecular weight excluding hydrogens is 260 g/mol. The van der Waals surface area contributed by atoms with E-state index in [1.54, 1.807) is 30.1 Å². The maximum absolute atomic E-state index is 11.5. The Bertz CT molecular complexity index is 514. The number of rotatable bonds is 6. The average Bonchev–Trinajstić information content (AvgIpc) is 2.36. The van der Waals surface area contributed by atoms with E-state index in [-0.39, 0.29) is 24.7 Å². The highest BCUT2D eigenvalue weighted by molar-refractivity contribution is 5.92. The van der Waals surface area contributed by atoms with Gasteiger partial charge in [-0.3, -0.25) is 14.4 Å². The van der Waals surface area contributed by atoms with Gasteiger partial charge in [-0.15, -0.1) is 0 Å². The van der Waals surface area contributed by atoms with Crippen molar-refractivity contribution in [2.75, 3.05) is 12.4 Å². The Kier molecular flexibility index (Phi) is 5.71. The van der Waals surface area contributed by atoms with Crippen molar-refractivity contribution in [2.45, 2.75) is 26.3 Å². The van der Waals surface area contributed by atoms with Gasteiger partial charge in [-0.2, -0.15) is 0 Å². The topological polar surface area (TPSA) is 86.7 Å². The molecule has 0 bridgehead atoms. The number of nitrogens with zero attached hydrogens (tertiary/aromatic N) is 1. The number of nitrogens with one attached hydrogen (secondary N) is 1. The summed E-state index contributed by atoms with van der Waals surface area (Å²) in [5, 5.41) is 11.1. The van der Waals surface area contributed by atoms with E-state index in [0.29, 0.717) is 12.2 Å². The minimum atomic E-state index is -1.00. The number of anilines is 1. The van der Waals surface area contributed by atoms with Crippen LogP contribution in [0.15, 0.2) is 24.3 Å². The molecule has 0 aliphatic heterocycles. The van der Waals surface area contributed by atoms with Crippen molar-refractivity contribution in [3.8, 4) is 0 Å². The van der Waals surface area contributed by atoms with Crippen molar-refractivity contribution in [2.24, 2.45) is 0 Å². The number of benzene rings is 1. The van der Waals surface area contributed by atoms with Crippen molar-refractivity contribution in [3.63, 3.8) is 0 Å². The highest BCUT2D eigenvalue weighted by Crippen LogP contribution is 2.13. The zero-order valence-electron chi connectivity index (χ0n) is 11.5. The Hall–Kier alpha value is -2.37. The fraction of sp³-hybridized carbons (Fsp3) is 0.357. The maximum Gasteiger partial charge on any atom is 0.303 e. The fourth-order valence-corrected chi connectivity index (χ4v) is 1.58. The highest BCUT2D eigenvalue weighted by Gasteiger charge is 2.07. The molecule has 2 N–H and O–H groups in total. The molecule has 0 saturated heterocycles. The van der Waals surface area contributed by atoms with Gasteiger partial charge >= 0.3 is 5.97 Å². The van der Waals surface area contributed by atoms with E-state index in [1.807, 2.05) is 6.07 Å². The molecule has 0 aromatic heterocycles. The van der Waals surface area contributed by atoms with E-state index >= 15 is 0 Å². The first-order chi connectivity index (χ1) is 9.38. The normalized spacial score (nSPS) is 9.90. The molecule has 0 saturated carbocycles. The average molecular weight is 278 g/mol. The Morgan fingerprint density at radius 1 is 1.25 bits per heavy atom. The largest absolute Gasteiger partial charge is 0.481 e. The molecule has 1 rings (SSSR count). The molecule has 0 unspecified atom stereocenters. The molecule has 6 nitrogen and oxygen atoms in total. The second-order valence-electron chi connectivity index (χ2n) is 4.52. The molecule has 0 radical (unpaired) electrons. The first-order valence-corrected chi connectivity index (χ1v) is 6.21. The zero-order valence-corrected chi connectivity index (χ0v) is 11.5. The van der Waals surface area contributed by atoms with Crippen LogP contribution in [-0.2, 0) is 20.9 Å². The second kappa shape index (κ2) is 7.28. The van der Waals surface area contributed by atoms with Crippen LogP contribution in [0.4, 0.5) is 5.69 Å². The summed E-state index contributed by atoms with van der Waals surface area (Å²) in [7, 11) is 1.69. The molecule has 1 aromatic carbocycles. The molecular formula is C14H18N2O4. The third-order valence-corrected chi connectivity index (χ3v) is 2.73. The molecule has 0 heterocycles. The monoisotopic (exact) mass is 278 g/mol. The zero-order chi connectivity index (χ0) is 15.1. The van der Waals surface area contributed by atoms with Crippen LogP contribution in [0.2, 0.25) is 0 Å². The van der Waals surface area contributed by atoms with Crippen LogP contribution in [0, 0.1) is 0 Å². The Balaban J connectivity index is 2.61. The van der Waals surface area contributed by atoms with Crippen molar-refractivity contribution < 1.29 is 19.5 Å². The van der Waals surface area contributed by atoms with Gasteiger partial charge < -0.3 is 15.3 Å². The molecule has 0 spiro atoms. The molecule has 0 atom stereocenters. The number of carbonyl (C=O) groups excluding carboxylic acids is 2. The lowest BCUT2D eigenvalue weighted by Crippen LogP contribution is -2.23. The van der Waals surface area contributed by atoms with Gasteiger partial charge in [-0.1, -0.05) is 12.1 Å². The summed E-state index contributed by atoms with van der Waals surface area (Å²) >= 11 is 0.